The molecule has 0 aromatic carbocycles. The summed E-state index contributed by atoms with van der Waals surface area (Å²) in [4.78, 5) is 14.8. The lowest BCUT2D eigenvalue weighted by Gasteiger charge is -2.06. The van der Waals surface area contributed by atoms with Crippen LogP contribution in [0.25, 0.3) is 0 Å². The van der Waals surface area contributed by atoms with Gasteiger partial charge in [0.2, 0.25) is 0 Å². The van der Waals surface area contributed by atoms with Crippen LogP contribution < -0.4 is 0 Å². The van der Waals surface area contributed by atoms with E-state index in [1.807, 2.05) is 29.7 Å². The highest BCUT2D eigenvalue weighted by molar-refractivity contribution is 7.99. The SMILES string of the molecule is Cc1nnc(SCC(=O)O)n1Cc1ccccn1. The monoisotopic (exact) mass is 264 g/mol. The second kappa shape index (κ2) is 5.63. The fraction of sp³-hybridized carbons (Fsp3) is 0.273. The standard InChI is InChI=1S/C11H12N4O2S/c1-8-13-14-11(18-7-10(16)17)15(8)6-9-4-2-3-5-12-9/h2-5H,6-7H2,1H3,(H,16,17). The van der Waals surface area contributed by atoms with Gasteiger partial charge in [0.1, 0.15) is 5.82 Å². The zero-order valence-electron chi connectivity index (χ0n) is 9.78. The van der Waals surface area contributed by atoms with Crippen LogP contribution in [-0.2, 0) is 11.3 Å². The largest absolute Gasteiger partial charge is 0.481 e. The summed E-state index contributed by atoms with van der Waals surface area (Å²) in [5, 5.41) is 17.2. The Balaban J connectivity index is 2.16. The van der Waals surface area contributed by atoms with Crippen molar-refractivity contribution in [1.82, 2.24) is 19.7 Å². The lowest BCUT2D eigenvalue weighted by molar-refractivity contribution is -0.133. The van der Waals surface area contributed by atoms with Crippen LogP contribution >= 0.6 is 11.8 Å². The number of nitrogens with zero attached hydrogens (tertiary/aromatic N) is 4. The summed E-state index contributed by atoms with van der Waals surface area (Å²) < 4.78 is 1.86. The molecule has 0 aliphatic rings. The average molecular weight is 264 g/mol. The van der Waals surface area contributed by atoms with Crippen LogP contribution in [-0.4, -0.2) is 36.6 Å². The van der Waals surface area contributed by atoms with E-state index >= 15 is 0 Å². The number of hydrogen-bond donors (Lipinski definition) is 1. The Kier molecular flexibility index (Phi) is 3.93. The topological polar surface area (TPSA) is 80.9 Å². The molecule has 0 atom stereocenters. The molecule has 2 rings (SSSR count). The first-order chi connectivity index (χ1) is 8.66. The minimum Gasteiger partial charge on any atom is -0.481 e. The minimum absolute atomic E-state index is 0.0274. The summed E-state index contributed by atoms with van der Waals surface area (Å²) in [6.07, 6.45) is 1.72. The predicted octanol–water partition coefficient (Wildman–Crippen LogP) is 1.21. The third-order valence-corrected chi connectivity index (χ3v) is 3.22. The molecule has 7 heteroatoms. The van der Waals surface area contributed by atoms with Gasteiger partial charge >= 0.3 is 5.97 Å². The highest BCUT2D eigenvalue weighted by Gasteiger charge is 2.11. The van der Waals surface area contributed by atoms with E-state index in [-0.39, 0.29) is 5.75 Å². The molecule has 0 saturated heterocycles. The third kappa shape index (κ3) is 3.07. The molecule has 0 radical (unpaired) electrons. The van der Waals surface area contributed by atoms with Crippen LogP contribution in [0.4, 0.5) is 0 Å². The summed E-state index contributed by atoms with van der Waals surface area (Å²) in [7, 11) is 0. The number of carbonyl (C=O) groups is 1. The van der Waals surface area contributed by atoms with E-state index in [4.69, 9.17) is 5.11 Å². The smallest absolute Gasteiger partial charge is 0.313 e. The zero-order valence-corrected chi connectivity index (χ0v) is 10.6. The van der Waals surface area contributed by atoms with Crippen molar-refractivity contribution in [3.05, 3.63) is 35.9 Å². The van der Waals surface area contributed by atoms with Gasteiger partial charge in [-0.3, -0.25) is 9.78 Å². The first kappa shape index (κ1) is 12.6. The molecule has 6 nitrogen and oxygen atoms in total. The summed E-state index contributed by atoms with van der Waals surface area (Å²) in [6, 6.07) is 5.67. The Labute approximate surface area is 108 Å². The first-order valence-corrected chi connectivity index (χ1v) is 6.29. The van der Waals surface area contributed by atoms with Gasteiger partial charge in [-0.2, -0.15) is 0 Å². The van der Waals surface area contributed by atoms with E-state index in [9.17, 15) is 4.79 Å². The van der Waals surface area contributed by atoms with Gasteiger partial charge in [-0.05, 0) is 19.1 Å². The summed E-state index contributed by atoms with van der Waals surface area (Å²) in [5.41, 5.74) is 0.887. The Bertz CT molecular complexity index is 541. The van der Waals surface area contributed by atoms with Crippen molar-refractivity contribution in [2.24, 2.45) is 0 Å². The Morgan fingerprint density at radius 3 is 2.94 bits per heavy atom. The van der Waals surface area contributed by atoms with Crippen molar-refractivity contribution in [1.29, 1.82) is 0 Å². The number of aliphatic carboxylic acids is 1. The van der Waals surface area contributed by atoms with Gasteiger partial charge in [-0.1, -0.05) is 17.8 Å². The fourth-order valence-electron chi connectivity index (χ4n) is 1.43. The van der Waals surface area contributed by atoms with E-state index in [1.54, 1.807) is 6.20 Å². The average Bonchev–Trinajstić information content (AvgIpc) is 2.70. The van der Waals surface area contributed by atoms with Crippen molar-refractivity contribution in [2.75, 3.05) is 5.75 Å². The maximum Gasteiger partial charge on any atom is 0.313 e. The van der Waals surface area contributed by atoms with Crippen LogP contribution in [0.2, 0.25) is 0 Å². The van der Waals surface area contributed by atoms with E-state index < -0.39 is 5.97 Å². The Morgan fingerprint density at radius 1 is 1.44 bits per heavy atom. The summed E-state index contributed by atoms with van der Waals surface area (Å²) in [5.74, 6) is -0.154. The molecule has 2 heterocycles. The van der Waals surface area contributed by atoms with Crippen LogP contribution in [0, 0.1) is 6.92 Å². The number of aryl methyl sites for hydroxylation is 1. The molecule has 1 N–H and O–H groups in total. The number of carboxylic acid groups (broad SMARTS) is 1. The normalized spacial score (nSPS) is 10.5. The van der Waals surface area contributed by atoms with Gasteiger partial charge in [-0.25, -0.2) is 0 Å². The molecule has 0 aliphatic carbocycles. The second-order valence-electron chi connectivity index (χ2n) is 3.62. The molecule has 0 bridgehead atoms. The first-order valence-electron chi connectivity index (χ1n) is 5.31. The molecule has 0 unspecified atom stereocenters. The van der Waals surface area contributed by atoms with Crippen molar-refractivity contribution in [3.8, 4) is 0 Å². The molecular formula is C11H12N4O2S. The third-order valence-electron chi connectivity index (χ3n) is 2.27. The van der Waals surface area contributed by atoms with Gasteiger partial charge in [-0.15, -0.1) is 10.2 Å². The van der Waals surface area contributed by atoms with E-state index in [2.05, 4.69) is 15.2 Å². The summed E-state index contributed by atoms with van der Waals surface area (Å²) >= 11 is 1.16. The number of pyridine rings is 1. The molecule has 2 aromatic rings. The Hall–Kier alpha value is -1.89. The molecule has 0 amide bonds. The fourth-order valence-corrected chi connectivity index (χ4v) is 2.13. The number of carboxylic acids is 1. The highest BCUT2D eigenvalue weighted by Crippen LogP contribution is 2.17. The Morgan fingerprint density at radius 2 is 2.28 bits per heavy atom. The number of hydrogen-bond acceptors (Lipinski definition) is 5. The quantitative estimate of drug-likeness (QED) is 0.817. The molecule has 94 valence electrons. The van der Waals surface area contributed by atoms with Crippen molar-refractivity contribution in [3.63, 3.8) is 0 Å². The van der Waals surface area contributed by atoms with E-state index in [1.165, 1.54) is 0 Å². The van der Waals surface area contributed by atoms with Crippen LogP contribution in [0.5, 0.6) is 0 Å². The second-order valence-corrected chi connectivity index (χ2v) is 4.56. The molecule has 0 aliphatic heterocycles. The summed E-state index contributed by atoms with van der Waals surface area (Å²) in [6.45, 7) is 2.38. The van der Waals surface area contributed by atoms with Gasteiger partial charge in [0, 0.05) is 6.20 Å². The highest BCUT2D eigenvalue weighted by atomic mass is 32.2. The molecule has 0 saturated carbocycles. The zero-order chi connectivity index (χ0) is 13.0. The maximum atomic E-state index is 10.6. The maximum absolute atomic E-state index is 10.6. The van der Waals surface area contributed by atoms with Crippen LogP contribution in [0.1, 0.15) is 11.5 Å². The molecule has 0 fully saturated rings. The van der Waals surface area contributed by atoms with Gasteiger partial charge < -0.3 is 9.67 Å². The predicted molar refractivity (Wildman–Crippen MR) is 66.5 cm³/mol. The lowest BCUT2D eigenvalue weighted by Crippen LogP contribution is -2.07. The molecule has 2 aromatic heterocycles. The number of aromatic nitrogens is 4. The number of rotatable bonds is 5. The number of thioether (sulfide) groups is 1. The van der Waals surface area contributed by atoms with Crippen LogP contribution in [0.3, 0.4) is 0 Å². The molecule has 0 spiro atoms. The van der Waals surface area contributed by atoms with Gasteiger partial charge in [0.05, 0.1) is 18.0 Å². The van der Waals surface area contributed by atoms with Crippen LogP contribution in [0.15, 0.2) is 29.6 Å². The lowest BCUT2D eigenvalue weighted by atomic mass is 10.3. The van der Waals surface area contributed by atoms with Crippen molar-refractivity contribution < 1.29 is 9.90 Å². The van der Waals surface area contributed by atoms with Crippen molar-refractivity contribution in [2.45, 2.75) is 18.6 Å². The minimum atomic E-state index is -0.870. The van der Waals surface area contributed by atoms with E-state index in [0.717, 1.165) is 23.3 Å². The van der Waals surface area contributed by atoms with E-state index in [0.29, 0.717) is 11.7 Å². The molecule has 18 heavy (non-hydrogen) atoms. The van der Waals surface area contributed by atoms with Gasteiger partial charge in [0.25, 0.3) is 0 Å². The van der Waals surface area contributed by atoms with Crippen molar-refractivity contribution >= 4 is 17.7 Å². The van der Waals surface area contributed by atoms with Gasteiger partial charge in [0.15, 0.2) is 5.16 Å². The molecular weight excluding hydrogens is 252 g/mol.